The summed E-state index contributed by atoms with van der Waals surface area (Å²) in [5, 5.41) is 0. The number of ether oxygens (including phenoxy) is 1. The normalized spacial score (nSPS) is 26.4. The summed E-state index contributed by atoms with van der Waals surface area (Å²) in [6.45, 7) is 7.76. The van der Waals surface area contributed by atoms with Gasteiger partial charge in [-0.1, -0.05) is 13.8 Å². The summed E-state index contributed by atoms with van der Waals surface area (Å²) in [5.41, 5.74) is 1.18. The summed E-state index contributed by atoms with van der Waals surface area (Å²) >= 11 is 0. The lowest BCUT2D eigenvalue weighted by Gasteiger charge is -2.43. The predicted molar refractivity (Wildman–Crippen MR) is 86.7 cm³/mol. The molecule has 5 nitrogen and oxygen atoms in total. The lowest BCUT2D eigenvalue weighted by atomic mass is 9.77. The zero-order valence-electron chi connectivity index (χ0n) is 14.2. The van der Waals surface area contributed by atoms with Crippen molar-refractivity contribution in [3.8, 4) is 0 Å². The topological polar surface area (TPSA) is 47.4 Å². The highest BCUT2D eigenvalue weighted by molar-refractivity contribution is 5.82. The standard InChI is InChI=1S/C18H27N3O2/c1-18(2,14-3-4-14)16-17(22)20(10-13-5-7-23-8-6-13)11-15-9-19-12-21(15)16/h9,12-14,16H,3-8,10-11H2,1-2H3. The molecular formula is C18H27N3O2. The predicted octanol–water partition coefficient (Wildman–Crippen LogP) is 2.63. The molecule has 2 fully saturated rings. The summed E-state index contributed by atoms with van der Waals surface area (Å²) in [6.07, 6.45) is 8.42. The van der Waals surface area contributed by atoms with E-state index in [0.717, 1.165) is 32.6 Å². The largest absolute Gasteiger partial charge is 0.381 e. The number of imidazole rings is 1. The van der Waals surface area contributed by atoms with Crippen LogP contribution in [-0.2, 0) is 16.1 Å². The van der Waals surface area contributed by atoms with Crippen LogP contribution in [0.1, 0.15) is 51.3 Å². The summed E-state index contributed by atoms with van der Waals surface area (Å²) in [5.74, 6) is 1.53. The van der Waals surface area contributed by atoms with E-state index in [2.05, 4.69) is 28.3 Å². The number of nitrogens with zero attached hydrogens (tertiary/aromatic N) is 3. The van der Waals surface area contributed by atoms with Gasteiger partial charge in [-0.25, -0.2) is 4.98 Å². The Balaban J connectivity index is 1.59. The molecule has 3 heterocycles. The lowest BCUT2D eigenvalue weighted by molar-refractivity contribution is -0.143. The van der Waals surface area contributed by atoms with Crippen LogP contribution in [0.2, 0.25) is 0 Å². The van der Waals surface area contributed by atoms with Crippen molar-refractivity contribution in [1.29, 1.82) is 0 Å². The first-order chi connectivity index (χ1) is 11.1. The molecule has 0 radical (unpaired) electrons. The van der Waals surface area contributed by atoms with Crippen molar-refractivity contribution in [3.05, 3.63) is 18.2 Å². The number of amides is 1. The van der Waals surface area contributed by atoms with Gasteiger partial charge in [-0.2, -0.15) is 0 Å². The van der Waals surface area contributed by atoms with Crippen LogP contribution in [0.25, 0.3) is 0 Å². The number of hydrogen-bond acceptors (Lipinski definition) is 3. The maximum Gasteiger partial charge on any atom is 0.246 e. The Morgan fingerprint density at radius 3 is 2.70 bits per heavy atom. The Morgan fingerprint density at radius 2 is 2.00 bits per heavy atom. The summed E-state index contributed by atoms with van der Waals surface area (Å²) in [4.78, 5) is 19.7. The second-order valence-electron chi connectivity index (χ2n) is 8.06. The van der Waals surface area contributed by atoms with Gasteiger partial charge in [0.25, 0.3) is 0 Å². The van der Waals surface area contributed by atoms with Gasteiger partial charge in [-0.05, 0) is 42.9 Å². The van der Waals surface area contributed by atoms with Crippen molar-refractivity contribution in [2.75, 3.05) is 19.8 Å². The number of carbonyl (C=O) groups excluding carboxylic acids is 1. The van der Waals surface area contributed by atoms with Gasteiger partial charge in [0.05, 0.1) is 18.6 Å². The van der Waals surface area contributed by atoms with E-state index in [1.165, 1.54) is 18.5 Å². The van der Waals surface area contributed by atoms with Gasteiger partial charge in [-0.3, -0.25) is 4.79 Å². The van der Waals surface area contributed by atoms with E-state index in [1.807, 2.05) is 12.5 Å². The SMILES string of the molecule is CC(C)(C1CC1)C1C(=O)N(CC2CCOCC2)Cc2cncn21. The fourth-order valence-corrected chi connectivity index (χ4v) is 4.37. The molecule has 0 bridgehead atoms. The molecule has 2 aliphatic heterocycles. The van der Waals surface area contributed by atoms with E-state index in [0.29, 0.717) is 24.3 Å². The van der Waals surface area contributed by atoms with Gasteiger partial charge in [-0.15, -0.1) is 0 Å². The number of hydrogen-bond donors (Lipinski definition) is 0. The molecule has 1 aromatic heterocycles. The van der Waals surface area contributed by atoms with Gasteiger partial charge in [0.1, 0.15) is 6.04 Å². The van der Waals surface area contributed by atoms with Crippen molar-refractivity contribution < 1.29 is 9.53 Å². The van der Waals surface area contributed by atoms with Crippen LogP contribution in [0.3, 0.4) is 0 Å². The average Bonchev–Trinajstić information content (AvgIpc) is 3.30. The van der Waals surface area contributed by atoms with Gasteiger partial charge in [0, 0.05) is 26.0 Å². The van der Waals surface area contributed by atoms with E-state index in [1.54, 1.807) is 0 Å². The monoisotopic (exact) mass is 317 g/mol. The van der Waals surface area contributed by atoms with Crippen molar-refractivity contribution >= 4 is 5.91 Å². The molecule has 23 heavy (non-hydrogen) atoms. The highest BCUT2D eigenvalue weighted by atomic mass is 16.5. The van der Waals surface area contributed by atoms with E-state index in [9.17, 15) is 4.79 Å². The highest BCUT2D eigenvalue weighted by Crippen LogP contribution is 2.52. The Morgan fingerprint density at radius 1 is 1.26 bits per heavy atom. The average molecular weight is 317 g/mol. The van der Waals surface area contributed by atoms with Crippen LogP contribution in [0.4, 0.5) is 0 Å². The quantitative estimate of drug-likeness (QED) is 0.857. The van der Waals surface area contributed by atoms with Crippen LogP contribution in [0, 0.1) is 17.3 Å². The Kier molecular flexibility index (Phi) is 3.71. The molecule has 0 aromatic carbocycles. The maximum atomic E-state index is 13.3. The molecule has 1 unspecified atom stereocenters. The molecule has 0 spiro atoms. The zero-order valence-corrected chi connectivity index (χ0v) is 14.2. The molecule has 1 saturated carbocycles. The molecule has 4 rings (SSSR count). The maximum absolute atomic E-state index is 13.3. The summed E-state index contributed by atoms with van der Waals surface area (Å²) in [6, 6.07) is -0.0962. The zero-order chi connectivity index (χ0) is 16.0. The minimum atomic E-state index is -0.0962. The molecule has 1 aliphatic carbocycles. The van der Waals surface area contributed by atoms with Crippen LogP contribution in [-0.4, -0.2) is 40.1 Å². The first kappa shape index (κ1) is 15.2. The third kappa shape index (κ3) is 2.69. The molecule has 5 heteroatoms. The third-order valence-electron chi connectivity index (χ3n) is 6.08. The molecule has 1 aromatic rings. The van der Waals surface area contributed by atoms with Crippen LogP contribution >= 0.6 is 0 Å². The number of fused-ring (bicyclic) bond motifs is 1. The van der Waals surface area contributed by atoms with Gasteiger partial charge in [0.15, 0.2) is 0 Å². The van der Waals surface area contributed by atoms with E-state index in [-0.39, 0.29) is 11.5 Å². The Labute approximate surface area is 138 Å². The molecule has 1 saturated heterocycles. The first-order valence-electron chi connectivity index (χ1n) is 8.94. The Hall–Kier alpha value is -1.36. The first-order valence-corrected chi connectivity index (χ1v) is 8.94. The second-order valence-corrected chi connectivity index (χ2v) is 8.06. The Bertz CT molecular complexity index is 585. The van der Waals surface area contributed by atoms with Crippen LogP contribution < -0.4 is 0 Å². The minimum absolute atomic E-state index is 0.000872. The third-order valence-corrected chi connectivity index (χ3v) is 6.08. The highest BCUT2D eigenvalue weighted by Gasteiger charge is 2.50. The van der Waals surface area contributed by atoms with Crippen molar-refractivity contribution in [2.45, 2.75) is 52.1 Å². The molecule has 0 N–H and O–H groups in total. The molecule has 3 aliphatic rings. The fraction of sp³-hybridized carbons (Fsp3) is 0.778. The van der Waals surface area contributed by atoms with E-state index in [4.69, 9.17) is 4.74 Å². The smallest absolute Gasteiger partial charge is 0.246 e. The molecular weight excluding hydrogens is 290 g/mol. The second kappa shape index (κ2) is 5.62. The number of rotatable bonds is 4. The summed E-state index contributed by atoms with van der Waals surface area (Å²) < 4.78 is 7.60. The van der Waals surface area contributed by atoms with Crippen molar-refractivity contribution in [1.82, 2.24) is 14.5 Å². The van der Waals surface area contributed by atoms with Crippen LogP contribution in [0.5, 0.6) is 0 Å². The van der Waals surface area contributed by atoms with E-state index >= 15 is 0 Å². The molecule has 126 valence electrons. The van der Waals surface area contributed by atoms with Gasteiger partial charge >= 0.3 is 0 Å². The van der Waals surface area contributed by atoms with Crippen LogP contribution in [0.15, 0.2) is 12.5 Å². The minimum Gasteiger partial charge on any atom is -0.381 e. The van der Waals surface area contributed by atoms with E-state index < -0.39 is 0 Å². The van der Waals surface area contributed by atoms with Gasteiger partial charge < -0.3 is 14.2 Å². The van der Waals surface area contributed by atoms with Crippen molar-refractivity contribution in [2.24, 2.45) is 17.3 Å². The fourth-order valence-electron chi connectivity index (χ4n) is 4.37. The molecule has 1 amide bonds. The number of carbonyl (C=O) groups is 1. The summed E-state index contributed by atoms with van der Waals surface area (Å²) in [7, 11) is 0. The van der Waals surface area contributed by atoms with Crippen molar-refractivity contribution in [3.63, 3.8) is 0 Å². The molecule has 1 atom stereocenters. The lowest BCUT2D eigenvalue weighted by Crippen LogP contribution is -2.50. The van der Waals surface area contributed by atoms with Gasteiger partial charge in [0.2, 0.25) is 5.91 Å². The number of aromatic nitrogens is 2.